The minimum atomic E-state index is -0.974. The molecule has 1 aliphatic carbocycles. The zero-order chi connectivity index (χ0) is 9.52. The Hall–Kier alpha value is -0.110. The fraction of sp³-hybridized carbons (Fsp3) is 1.00. The van der Waals surface area contributed by atoms with E-state index in [9.17, 15) is 9.50 Å². The molecule has 0 amide bonds. The van der Waals surface area contributed by atoms with Crippen molar-refractivity contribution in [2.24, 2.45) is 0 Å². The molecule has 0 aliphatic heterocycles. The fourth-order valence-electron chi connectivity index (χ4n) is 1.95. The quantitative estimate of drug-likeness (QED) is 0.619. The van der Waals surface area contributed by atoms with Crippen LogP contribution in [-0.2, 0) is 0 Å². The van der Waals surface area contributed by atoms with Crippen molar-refractivity contribution in [1.82, 2.24) is 0 Å². The lowest BCUT2D eigenvalue weighted by molar-refractivity contribution is 0.0628. The largest absolute Gasteiger partial charge is 0.390 e. The maximum absolute atomic E-state index is 13.2. The van der Waals surface area contributed by atoms with E-state index in [1.165, 1.54) is 19.3 Å². The summed E-state index contributed by atoms with van der Waals surface area (Å²) in [5.74, 6) is 0. The van der Waals surface area contributed by atoms with Crippen LogP contribution in [0.2, 0.25) is 0 Å². The molecule has 0 aromatic carbocycles. The van der Waals surface area contributed by atoms with Crippen LogP contribution in [0.4, 0.5) is 4.39 Å². The van der Waals surface area contributed by atoms with E-state index in [2.05, 4.69) is 0 Å². The van der Waals surface area contributed by atoms with E-state index in [0.29, 0.717) is 12.8 Å². The van der Waals surface area contributed by atoms with E-state index in [1.54, 1.807) is 0 Å². The third kappa shape index (κ3) is 4.61. The second-order valence-corrected chi connectivity index (χ2v) is 4.14. The Balaban J connectivity index is 2.26. The third-order valence-electron chi connectivity index (χ3n) is 2.90. The van der Waals surface area contributed by atoms with Crippen LogP contribution in [0.5, 0.6) is 0 Å². The van der Waals surface area contributed by atoms with E-state index in [-0.39, 0.29) is 0 Å². The SMILES string of the molecule is OC1CCCCCCCCCC1F. The maximum Gasteiger partial charge on any atom is 0.126 e. The molecule has 0 heterocycles. The summed E-state index contributed by atoms with van der Waals surface area (Å²) in [6.07, 6.45) is 7.54. The highest BCUT2D eigenvalue weighted by Crippen LogP contribution is 2.18. The van der Waals surface area contributed by atoms with Crippen molar-refractivity contribution in [3.05, 3.63) is 0 Å². The molecular weight excluding hydrogens is 167 g/mol. The van der Waals surface area contributed by atoms with Crippen LogP contribution in [0.3, 0.4) is 0 Å². The number of alkyl halides is 1. The molecule has 78 valence electrons. The summed E-state index contributed by atoms with van der Waals surface area (Å²) in [6.45, 7) is 0. The van der Waals surface area contributed by atoms with E-state index in [0.717, 1.165) is 25.7 Å². The van der Waals surface area contributed by atoms with Gasteiger partial charge in [-0.2, -0.15) is 0 Å². The molecule has 0 aromatic rings. The molecule has 0 spiro atoms. The molecule has 1 saturated carbocycles. The average molecular weight is 188 g/mol. The zero-order valence-electron chi connectivity index (χ0n) is 8.34. The van der Waals surface area contributed by atoms with E-state index >= 15 is 0 Å². The van der Waals surface area contributed by atoms with Gasteiger partial charge in [0.2, 0.25) is 0 Å². The first kappa shape index (κ1) is 11.0. The van der Waals surface area contributed by atoms with E-state index in [4.69, 9.17) is 0 Å². The highest BCUT2D eigenvalue weighted by molar-refractivity contribution is 4.68. The Labute approximate surface area is 80.3 Å². The lowest BCUT2D eigenvalue weighted by atomic mass is 10.0. The van der Waals surface area contributed by atoms with Crippen molar-refractivity contribution in [2.75, 3.05) is 0 Å². The number of hydrogen-bond donors (Lipinski definition) is 1. The predicted molar refractivity (Wildman–Crippen MR) is 52.5 cm³/mol. The maximum atomic E-state index is 13.2. The highest BCUT2D eigenvalue weighted by atomic mass is 19.1. The van der Waals surface area contributed by atoms with Gasteiger partial charge < -0.3 is 5.11 Å². The molecule has 0 aromatic heterocycles. The van der Waals surface area contributed by atoms with Crippen LogP contribution in [0.25, 0.3) is 0 Å². The normalized spacial score (nSPS) is 33.7. The van der Waals surface area contributed by atoms with Crippen molar-refractivity contribution in [2.45, 2.75) is 70.1 Å². The first-order valence-corrected chi connectivity index (χ1v) is 5.63. The Kier molecular flexibility index (Phi) is 5.37. The summed E-state index contributed by atoms with van der Waals surface area (Å²) >= 11 is 0. The topological polar surface area (TPSA) is 20.2 Å². The first-order chi connectivity index (χ1) is 6.30. The van der Waals surface area contributed by atoms with Crippen molar-refractivity contribution in [1.29, 1.82) is 0 Å². The van der Waals surface area contributed by atoms with Crippen molar-refractivity contribution < 1.29 is 9.50 Å². The van der Waals surface area contributed by atoms with Gasteiger partial charge in [-0.1, -0.05) is 44.9 Å². The summed E-state index contributed by atoms with van der Waals surface area (Å²) in [4.78, 5) is 0. The summed E-state index contributed by atoms with van der Waals surface area (Å²) in [5, 5.41) is 9.42. The molecular formula is C11H21FO. The van der Waals surface area contributed by atoms with Gasteiger partial charge >= 0.3 is 0 Å². The molecule has 1 N–H and O–H groups in total. The Bertz CT molecular complexity index is 113. The van der Waals surface area contributed by atoms with Gasteiger partial charge in [0.25, 0.3) is 0 Å². The Morgan fingerprint density at radius 1 is 0.769 bits per heavy atom. The molecule has 2 unspecified atom stereocenters. The van der Waals surface area contributed by atoms with Gasteiger partial charge in [0.15, 0.2) is 0 Å². The van der Waals surface area contributed by atoms with Gasteiger partial charge in [-0.3, -0.25) is 0 Å². The van der Waals surface area contributed by atoms with Crippen LogP contribution in [0.15, 0.2) is 0 Å². The van der Waals surface area contributed by atoms with Crippen LogP contribution < -0.4 is 0 Å². The zero-order valence-corrected chi connectivity index (χ0v) is 8.34. The minimum absolute atomic E-state index is 0.557. The van der Waals surface area contributed by atoms with Gasteiger partial charge in [0.05, 0.1) is 6.10 Å². The Morgan fingerprint density at radius 2 is 1.23 bits per heavy atom. The molecule has 1 aliphatic rings. The summed E-state index contributed by atoms with van der Waals surface area (Å²) < 4.78 is 13.2. The Morgan fingerprint density at radius 3 is 1.85 bits per heavy atom. The fourth-order valence-corrected chi connectivity index (χ4v) is 1.95. The minimum Gasteiger partial charge on any atom is -0.390 e. The third-order valence-corrected chi connectivity index (χ3v) is 2.90. The van der Waals surface area contributed by atoms with Crippen LogP contribution in [-0.4, -0.2) is 17.4 Å². The lowest BCUT2D eigenvalue weighted by Crippen LogP contribution is -2.21. The first-order valence-electron chi connectivity index (χ1n) is 5.63. The number of halogens is 1. The van der Waals surface area contributed by atoms with Gasteiger partial charge in [-0.05, 0) is 12.8 Å². The standard InChI is InChI=1S/C11H21FO/c12-10-8-6-4-2-1-3-5-7-9-11(10)13/h10-11,13H,1-9H2. The number of hydrogen-bond acceptors (Lipinski definition) is 1. The highest BCUT2D eigenvalue weighted by Gasteiger charge is 2.17. The number of aliphatic hydroxyl groups excluding tert-OH is 1. The van der Waals surface area contributed by atoms with E-state index < -0.39 is 12.3 Å². The van der Waals surface area contributed by atoms with Crippen molar-refractivity contribution >= 4 is 0 Å². The second kappa shape index (κ2) is 6.36. The van der Waals surface area contributed by atoms with Crippen LogP contribution in [0, 0.1) is 0 Å². The molecule has 0 bridgehead atoms. The second-order valence-electron chi connectivity index (χ2n) is 4.14. The van der Waals surface area contributed by atoms with Gasteiger partial charge in [-0.25, -0.2) is 4.39 Å². The predicted octanol–water partition coefficient (Wildman–Crippen LogP) is 3.21. The number of aliphatic hydroxyl groups is 1. The molecule has 13 heavy (non-hydrogen) atoms. The number of rotatable bonds is 0. The summed E-state index contributed by atoms with van der Waals surface area (Å²) in [7, 11) is 0. The van der Waals surface area contributed by atoms with Crippen LogP contribution >= 0.6 is 0 Å². The molecule has 1 nitrogen and oxygen atoms in total. The monoisotopic (exact) mass is 188 g/mol. The molecule has 0 saturated heterocycles. The molecule has 0 radical (unpaired) electrons. The van der Waals surface area contributed by atoms with Gasteiger partial charge in [0, 0.05) is 0 Å². The average Bonchev–Trinajstić information content (AvgIpc) is 2.16. The van der Waals surface area contributed by atoms with Gasteiger partial charge in [-0.15, -0.1) is 0 Å². The lowest BCUT2D eigenvalue weighted by Gasteiger charge is -2.14. The summed E-state index contributed by atoms with van der Waals surface area (Å²) in [6, 6.07) is 0. The molecule has 1 fully saturated rings. The smallest absolute Gasteiger partial charge is 0.126 e. The van der Waals surface area contributed by atoms with Crippen LogP contribution in [0.1, 0.15) is 57.8 Å². The van der Waals surface area contributed by atoms with E-state index in [1.807, 2.05) is 0 Å². The van der Waals surface area contributed by atoms with Crippen molar-refractivity contribution in [3.8, 4) is 0 Å². The summed E-state index contributed by atoms with van der Waals surface area (Å²) in [5.41, 5.74) is 0. The molecule has 2 heteroatoms. The van der Waals surface area contributed by atoms with Crippen molar-refractivity contribution in [3.63, 3.8) is 0 Å². The molecule has 2 atom stereocenters. The van der Waals surface area contributed by atoms with Gasteiger partial charge in [0.1, 0.15) is 6.17 Å². The molecule has 1 rings (SSSR count).